The SMILES string of the molecule is CCCc1c(N)ncnc1NC(C)CCC(C)C. The molecule has 0 aromatic carbocycles. The Morgan fingerprint density at radius 2 is 1.94 bits per heavy atom. The topological polar surface area (TPSA) is 63.8 Å². The van der Waals surface area contributed by atoms with Crippen LogP contribution in [0.15, 0.2) is 6.33 Å². The summed E-state index contributed by atoms with van der Waals surface area (Å²) >= 11 is 0. The largest absolute Gasteiger partial charge is 0.383 e. The molecular formula is C14H26N4. The molecule has 0 spiro atoms. The third kappa shape index (κ3) is 4.51. The number of nitrogens with one attached hydrogen (secondary N) is 1. The van der Waals surface area contributed by atoms with E-state index in [9.17, 15) is 0 Å². The fourth-order valence-corrected chi connectivity index (χ4v) is 1.94. The molecular weight excluding hydrogens is 224 g/mol. The first-order chi connectivity index (χ1) is 8.54. The molecule has 1 rings (SSSR count). The van der Waals surface area contributed by atoms with Gasteiger partial charge in [-0.2, -0.15) is 0 Å². The quantitative estimate of drug-likeness (QED) is 0.779. The molecule has 0 aliphatic carbocycles. The Balaban J connectivity index is 2.68. The molecule has 0 bridgehead atoms. The van der Waals surface area contributed by atoms with Crippen LogP contribution < -0.4 is 11.1 Å². The van der Waals surface area contributed by atoms with Crippen LogP contribution in [0.25, 0.3) is 0 Å². The third-order valence-electron chi connectivity index (χ3n) is 3.04. The van der Waals surface area contributed by atoms with Crippen molar-refractivity contribution in [1.82, 2.24) is 9.97 Å². The highest BCUT2D eigenvalue weighted by atomic mass is 15.1. The zero-order chi connectivity index (χ0) is 13.5. The van der Waals surface area contributed by atoms with Gasteiger partial charge in [0.25, 0.3) is 0 Å². The van der Waals surface area contributed by atoms with Gasteiger partial charge in [-0.1, -0.05) is 27.2 Å². The molecule has 0 fully saturated rings. The van der Waals surface area contributed by atoms with Gasteiger partial charge >= 0.3 is 0 Å². The van der Waals surface area contributed by atoms with Crippen molar-refractivity contribution in [3.63, 3.8) is 0 Å². The minimum Gasteiger partial charge on any atom is -0.383 e. The Bertz CT molecular complexity index is 363. The zero-order valence-electron chi connectivity index (χ0n) is 12.0. The second-order valence-electron chi connectivity index (χ2n) is 5.35. The molecule has 18 heavy (non-hydrogen) atoms. The van der Waals surface area contributed by atoms with Crippen LogP contribution in [0.4, 0.5) is 11.6 Å². The lowest BCUT2D eigenvalue weighted by Gasteiger charge is -2.18. The first-order valence-corrected chi connectivity index (χ1v) is 6.90. The predicted octanol–water partition coefficient (Wildman–Crippen LogP) is 3.25. The normalized spacial score (nSPS) is 12.7. The van der Waals surface area contributed by atoms with Crippen LogP contribution in [0.2, 0.25) is 0 Å². The summed E-state index contributed by atoms with van der Waals surface area (Å²) in [5, 5.41) is 3.46. The molecule has 0 aliphatic rings. The van der Waals surface area contributed by atoms with Gasteiger partial charge in [-0.3, -0.25) is 0 Å². The smallest absolute Gasteiger partial charge is 0.134 e. The van der Waals surface area contributed by atoms with E-state index in [4.69, 9.17) is 5.73 Å². The average Bonchev–Trinajstić information content (AvgIpc) is 2.31. The van der Waals surface area contributed by atoms with Crippen molar-refractivity contribution in [3.05, 3.63) is 11.9 Å². The maximum absolute atomic E-state index is 5.91. The summed E-state index contributed by atoms with van der Waals surface area (Å²) in [5.74, 6) is 2.24. The van der Waals surface area contributed by atoms with E-state index in [0.29, 0.717) is 11.9 Å². The maximum Gasteiger partial charge on any atom is 0.134 e. The Morgan fingerprint density at radius 1 is 1.22 bits per heavy atom. The van der Waals surface area contributed by atoms with Gasteiger partial charge in [0, 0.05) is 11.6 Å². The molecule has 0 aliphatic heterocycles. The second kappa shape index (κ2) is 7.19. The minimum atomic E-state index is 0.414. The van der Waals surface area contributed by atoms with Crippen molar-refractivity contribution < 1.29 is 0 Å². The number of nitrogens with zero attached hydrogens (tertiary/aromatic N) is 2. The monoisotopic (exact) mass is 250 g/mol. The number of anilines is 2. The van der Waals surface area contributed by atoms with E-state index in [1.54, 1.807) is 0 Å². The summed E-state index contributed by atoms with van der Waals surface area (Å²) in [6.07, 6.45) is 5.87. The zero-order valence-corrected chi connectivity index (χ0v) is 12.0. The van der Waals surface area contributed by atoms with Gasteiger partial charge in [-0.05, 0) is 32.1 Å². The molecule has 0 radical (unpaired) electrons. The van der Waals surface area contributed by atoms with Gasteiger partial charge in [0.05, 0.1) is 0 Å². The fraction of sp³-hybridized carbons (Fsp3) is 0.714. The summed E-state index contributed by atoms with van der Waals surface area (Å²) in [4.78, 5) is 8.39. The third-order valence-corrected chi connectivity index (χ3v) is 3.04. The molecule has 1 aromatic heterocycles. The van der Waals surface area contributed by atoms with Crippen LogP contribution in [0.5, 0.6) is 0 Å². The summed E-state index contributed by atoms with van der Waals surface area (Å²) in [6.45, 7) is 8.82. The van der Waals surface area contributed by atoms with Crippen molar-refractivity contribution in [2.24, 2.45) is 5.92 Å². The Hall–Kier alpha value is -1.32. The van der Waals surface area contributed by atoms with Crippen LogP contribution in [-0.2, 0) is 6.42 Å². The first kappa shape index (κ1) is 14.7. The van der Waals surface area contributed by atoms with E-state index in [0.717, 1.165) is 36.6 Å². The van der Waals surface area contributed by atoms with Crippen LogP contribution in [0.3, 0.4) is 0 Å². The van der Waals surface area contributed by atoms with Crippen molar-refractivity contribution in [2.75, 3.05) is 11.1 Å². The van der Waals surface area contributed by atoms with Crippen molar-refractivity contribution >= 4 is 11.6 Å². The highest BCUT2D eigenvalue weighted by molar-refractivity contribution is 5.55. The summed E-state index contributed by atoms with van der Waals surface area (Å²) < 4.78 is 0. The lowest BCUT2D eigenvalue weighted by atomic mass is 10.0. The van der Waals surface area contributed by atoms with Gasteiger partial charge in [0.2, 0.25) is 0 Å². The van der Waals surface area contributed by atoms with Gasteiger partial charge in [0.15, 0.2) is 0 Å². The molecule has 1 unspecified atom stereocenters. The van der Waals surface area contributed by atoms with E-state index < -0.39 is 0 Å². The summed E-state index contributed by atoms with van der Waals surface area (Å²) in [6, 6.07) is 0.414. The standard InChI is InChI=1S/C14H26N4/c1-5-6-12-13(15)16-9-17-14(12)18-11(4)8-7-10(2)3/h9-11H,5-8H2,1-4H3,(H3,15,16,17,18). The van der Waals surface area contributed by atoms with Crippen LogP contribution >= 0.6 is 0 Å². The van der Waals surface area contributed by atoms with E-state index in [-0.39, 0.29) is 0 Å². The molecule has 4 heteroatoms. The predicted molar refractivity (Wildman–Crippen MR) is 77.6 cm³/mol. The van der Waals surface area contributed by atoms with Crippen LogP contribution in [0, 0.1) is 5.92 Å². The molecule has 1 aromatic rings. The number of nitrogen functional groups attached to an aromatic ring is 1. The van der Waals surface area contributed by atoms with E-state index >= 15 is 0 Å². The van der Waals surface area contributed by atoms with Gasteiger partial charge in [-0.25, -0.2) is 9.97 Å². The van der Waals surface area contributed by atoms with Crippen LogP contribution in [-0.4, -0.2) is 16.0 Å². The highest BCUT2D eigenvalue weighted by Gasteiger charge is 2.11. The van der Waals surface area contributed by atoms with E-state index in [1.165, 1.54) is 12.7 Å². The number of aromatic nitrogens is 2. The molecule has 1 heterocycles. The Labute approximate surface area is 110 Å². The van der Waals surface area contributed by atoms with Gasteiger partial charge in [0.1, 0.15) is 18.0 Å². The lowest BCUT2D eigenvalue weighted by molar-refractivity contribution is 0.527. The molecule has 102 valence electrons. The highest BCUT2D eigenvalue weighted by Crippen LogP contribution is 2.20. The lowest BCUT2D eigenvalue weighted by Crippen LogP contribution is -2.19. The molecule has 1 atom stereocenters. The van der Waals surface area contributed by atoms with Crippen LogP contribution in [0.1, 0.15) is 52.5 Å². The average molecular weight is 250 g/mol. The van der Waals surface area contributed by atoms with Crippen molar-refractivity contribution in [1.29, 1.82) is 0 Å². The van der Waals surface area contributed by atoms with Gasteiger partial charge < -0.3 is 11.1 Å². The maximum atomic E-state index is 5.91. The van der Waals surface area contributed by atoms with Gasteiger partial charge in [-0.15, -0.1) is 0 Å². The number of rotatable bonds is 7. The fourth-order valence-electron chi connectivity index (χ4n) is 1.94. The van der Waals surface area contributed by atoms with E-state index in [1.807, 2.05) is 0 Å². The number of nitrogens with two attached hydrogens (primary N) is 1. The minimum absolute atomic E-state index is 0.414. The Kier molecular flexibility index (Phi) is 5.89. The first-order valence-electron chi connectivity index (χ1n) is 6.90. The Morgan fingerprint density at radius 3 is 2.56 bits per heavy atom. The molecule has 0 saturated carbocycles. The second-order valence-corrected chi connectivity index (χ2v) is 5.35. The molecule has 4 nitrogen and oxygen atoms in total. The number of hydrogen-bond acceptors (Lipinski definition) is 4. The molecule has 0 saturated heterocycles. The number of hydrogen-bond donors (Lipinski definition) is 2. The molecule has 0 amide bonds. The summed E-state index contributed by atoms with van der Waals surface area (Å²) in [5.41, 5.74) is 6.97. The van der Waals surface area contributed by atoms with Crippen molar-refractivity contribution in [3.8, 4) is 0 Å². The van der Waals surface area contributed by atoms with E-state index in [2.05, 4.69) is 43.0 Å². The van der Waals surface area contributed by atoms with Crippen molar-refractivity contribution in [2.45, 2.75) is 59.4 Å². The summed E-state index contributed by atoms with van der Waals surface area (Å²) in [7, 11) is 0. The molecule has 3 N–H and O–H groups in total.